The van der Waals surface area contributed by atoms with Gasteiger partial charge in [0.25, 0.3) is 0 Å². The molecule has 1 amide bonds. The number of halogens is 2. The summed E-state index contributed by atoms with van der Waals surface area (Å²) in [4.78, 5) is 13.8. The minimum absolute atomic E-state index is 0.231. The Bertz CT molecular complexity index is 689. The smallest absolute Gasteiger partial charge is 0.248 e. The predicted octanol–water partition coefficient (Wildman–Crippen LogP) is 3.03. The van der Waals surface area contributed by atoms with Crippen molar-refractivity contribution in [3.8, 4) is 0 Å². The fraction of sp³-hybridized carbons (Fsp3) is 0.133. The van der Waals surface area contributed by atoms with Crippen LogP contribution in [0.1, 0.15) is 17.2 Å². The number of carbonyl (C=O) groups excluding carboxylic acids is 1. The van der Waals surface area contributed by atoms with Crippen molar-refractivity contribution in [1.29, 1.82) is 0 Å². The largest absolute Gasteiger partial charge is 0.316 e. The molecule has 0 saturated heterocycles. The second kappa shape index (κ2) is 4.89. The maximum atomic E-state index is 13.3. The maximum Gasteiger partial charge on any atom is 0.248 e. The normalized spacial score (nSPS) is 17.4. The van der Waals surface area contributed by atoms with E-state index >= 15 is 0 Å². The zero-order valence-corrected chi connectivity index (χ0v) is 11.3. The van der Waals surface area contributed by atoms with Crippen LogP contribution in [-0.4, -0.2) is 5.91 Å². The molecule has 0 spiro atoms. The maximum absolute atomic E-state index is 13.3. The van der Waals surface area contributed by atoms with E-state index in [2.05, 4.69) is 0 Å². The number of carbonyl (C=O) groups is 1. The summed E-state index contributed by atoms with van der Waals surface area (Å²) in [5.74, 6) is -0.623. The number of hydrogen-bond donors (Lipinski definition) is 1. The van der Waals surface area contributed by atoms with Gasteiger partial charge in [0.05, 0.1) is 6.54 Å². The van der Waals surface area contributed by atoms with E-state index in [-0.39, 0.29) is 5.91 Å². The fourth-order valence-electron chi connectivity index (χ4n) is 2.42. The number of hydrogen-bond acceptors (Lipinski definition) is 2. The van der Waals surface area contributed by atoms with Crippen molar-refractivity contribution in [2.75, 3.05) is 4.90 Å². The van der Waals surface area contributed by atoms with E-state index in [4.69, 9.17) is 17.3 Å². The van der Waals surface area contributed by atoms with E-state index in [1.54, 1.807) is 23.1 Å². The van der Waals surface area contributed by atoms with Gasteiger partial charge < -0.3 is 10.6 Å². The van der Waals surface area contributed by atoms with Crippen LogP contribution in [0.3, 0.4) is 0 Å². The number of rotatable bonds is 2. The average molecular weight is 291 g/mol. The van der Waals surface area contributed by atoms with Crippen molar-refractivity contribution >= 4 is 23.2 Å². The lowest BCUT2D eigenvalue weighted by Crippen LogP contribution is -2.31. The third-order valence-electron chi connectivity index (χ3n) is 3.38. The molecule has 2 N–H and O–H groups in total. The topological polar surface area (TPSA) is 46.3 Å². The lowest BCUT2D eigenvalue weighted by atomic mass is 10.1. The van der Waals surface area contributed by atoms with Gasteiger partial charge in [-0.15, -0.1) is 0 Å². The Morgan fingerprint density at radius 2 is 2.05 bits per heavy atom. The molecule has 2 aromatic rings. The summed E-state index contributed by atoms with van der Waals surface area (Å²) in [6.45, 7) is 0.367. The highest BCUT2D eigenvalue weighted by molar-refractivity contribution is 6.30. The van der Waals surface area contributed by atoms with E-state index in [0.29, 0.717) is 22.8 Å². The molecular weight excluding hydrogens is 279 g/mol. The zero-order valence-electron chi connectivity index (χ0n) is 10.5. The number of anilines is 1. The van der Waals surface area contributed by atoms with Crippen LogP contribution in [-0.2, 0) is 11.3 Å². The molecule has 20 heavy (non-hydrogen) atoms. The summed E-state index contributed by atoms with van der Waals surface area (Å²) in [7, 11) is 0. The van der Waals surface area contributed by atoms with E-state index in [1.165, 1.54) is 12.1 Å². The van der Waals surface area contributed by atoms with Crippen molar-refractivity contribution < 1.29 is 9.18 Å². The first-order chi connectivity index (χ1) is 9.56. The first kappa shape index (κ1) is 13.1. The first-order valence-corrected chi connectivity index (χ1v) is 6.55. The molecule has 1 aliphatic rings. The van der Waals surface area contributed by atoms with Crippen LogP contribution < -0.4 is 10.6 Å². The molecule has 1 heterocycles. The predicted molar refractivity (Wildman–Crippen MR) is 76.0 cm³/mol. The molecule has 0 fully saturated rings. The summed E-state index contributed by atoms with van der Waals surface area (Å²) in [6.07, 6.45) is 0. The Morgan fingerprint density at radius 1 is 1.25 bits per heavy atom. The second-order valence-corrected chi connectivity index (χ2v) is 5.17. The van der Waals surface area contributed by atoms with Crippen LogP contribution in [0.2, 0.25) is 5.02 Å². The van der Waals surface area contributed by atoms with E-state index in [9.17, 15) is 9.18 Å². The van der Waals surface area contributed by atoms with Crippen LogP contribution in [0.15, 0.2) is 42.5 Å². The third kappa shape index (κ3) is 2.17. The molecule has 3 rings (SSSR count). The molecule has 0 saturated carbocycles. The van der Waals surface area contributed by atoms with E-state index in [0.717, 1.165) is 5.56 Å². The van der Waals surface area contributed by atoms with Gasteiger partial charge in [0.1, 0.15) is 11.9 Å². The van der Waals surface area contributed by atoms with Crippen molar-refractivity contribution in [2.45, 2.75) is 12.6 Å². The van der Waals surface area contributed by atoms with Gasteiger partial charge in [0.2, 0.25) is 5.91 Å². The summed E-state index contributed by atoms with van der Waals surface area (Å²) in [5, 5.41) is 0.609. The molecule has 1 atom stereocenters. The molecule has 0 bridgehead atoms. The van der Waals surface area contributed by atoms with Crippen LogP contribution >= 0.6 is 11.6 Å². The standard InChI is InChI=1S/C15H12ClFN2O/c16-10-3-1-2-9(6-10)8-19-13-5-4-11(17)7-12(13)14(18)15(19)20/h1-7,14H,8,18H2. The SMILES string of the molecule is NC1C(=O)N(Cc2cccc(Cl)c2)c2ccc(F)cc21. The minimum atomic E-state index is -0.806. The van der Waals surface area contributed by atoms with Crippen molar-refractivity contribution in [2.24, 2.45) is 5.73 Å². The second-order valence-electron chi connectivity index (χ2n) is 4.74. The van der Waals surface area contributed by atoms with Gasteiger partial charge in [-0.3, -0.25) is 4.79 Å². The highest BCUT2D eigenvalue weighted by Gasteiger charge is 2.34. The van der Waals surface area contributed by atoms with Gasteiger partial charge >= 0.3 is 0 Å². The van der Waals surface area contributed by atoms with Gasteiger partial charge in [-0.05, 0) is 35.9 Å². The fourth-order valence-corrected chi connectivity index (χ4v) is 2.63. The zero-order chi connectivity index (χ0) is 14.3. The Balaban J connectivity index is 1.97. The van der Waals surface area contributed by atoms with Gasteiger partial charge in [0, 0.05) is 16.3 Å². The van der Waals surface area contributed by atoms with Crippen LogP contribution in [0.4, 0.5) is 10.1 Å². The molecular formula is C15H12ClFN2O. The van der Waals surface area contributed by atoms with E-state index in [1.807, 2.05) is 12.1 Å². The minimum Gasteiger partial charge on any atom is -0.316 e. The summed E-state index contributed by atoms with van der Waals surface area (Å²) < 4.78 is 13.3. The summed E-state index contributed by atoms with van der Waals surface area (Å²) in [5.41, 5.74) is 7.93. The lowest BCUT2D eigenvalue weighted by Gasteiger charge is -2.17. The molecule has 0 aliphatic carbocycles. The third-order valence-corrected chi connectivity index (χ3v) is 3.61. The molecule has 1 aliphatic heterocycles. The lowest BCUT2D eigenvalue weighted by molar-refractivity contribution is -0.119. The number of nitrogens with two attached hydrogens (primary N) is 1. The number of amides is 1. The Hall–Kier alpha value is -1.91. The quantitative estimate of drug-likeness (QED) is 0.924. The molecule has 0 radical (unpaired) electrons. The van der Waals surface area contributed by atoms with Gasteiger partial charge in [-0.25, -0.2) is 4.39 Å². The monoisotopic (exact) mass is 290 g/mol. The molecule has 0 aromatic heterocycles. The Morgan fingerprint density at radius 3 is 2.80 bits per heavy atom. The highest BCUT2D eigenvalue weighted by Crippen LogP contribution is 2.36. The average Bonchev–Trinajstić information content (AvgIpc) is 2.64. The summed E-state index contributed by atoms with van der Waals surface area (Å²) in [6, 6.07) is 10.7. The number of benzene rings is 2. The van der Waals surface area contributed by atoms with Crippen molar-refractivity contribution in [1.82, 2.24) is 0 Å². The highest BCUT2D eigenvalue weighted by atomic mass is 35.5. The first-order valence-electron chi connectivity index (χ1n) is 6.17. The Kier molecular flexibility index (Phi) is 3.20. The van der Waals surface area contributed by atoms with Crippen molar-refractivity contribution in [3.63, 3.8) is 0 Å². The molecule has 3 nitrogen and oxygen atoms in total. The van der Waals surface area contributed by atoms with Crippen molar-refractivity contribution in [3.05, 3.63) is 64.4 Å². The van der Waals surface area contributed by atoms with Crippen LogP contribution in [0.5, 0.6) is 0 Å². The number of fused-ring (bicyclic) bond motifs is 1. The molecule has 102 valence electrons. The number of nitrogens with zero attached hydrogens (tertiary/aromatic N) is 1. The van der Waals surface area contributed by atoms with Gasteiger partial charge in [0.15, 0.2) is 0 Å². The molecule has 5 heteroatoms. The summed E-state index contributed by atoms with van der Waals surface area (Å²) >= 11 is 5.94. The molecule has 2 aromatic carbocycles. The van der Waals surface area contributed by atoms with E-state index < -0.39 is 11.9 Å². The Labute approximate surface area is 120 Å². The van der Waals surface area contributed by atoms with Crippen LogP contribution in [0, 0.1) is 5.82 Å². The van der Waals surface area contributed by atoms with Crippen LogP contribution in [0.25, 0.3) is 0 Å². The van der Waals surface area contributed by atoms with Gasteiger partial charge in [-0.2, -0.15) is 0 Å². The van der Waals surface area contributed by atoms with Gasteiger partial charge in [-0.1, -0.05) is 23.7 Å². The molecule has 1 unspecified atom stereocenters.